The summed E-state index contributed by atoms with van der Waals surface area (Å²) < 4.78 is 1.87. The molecule has 130 valence electrons. The molecule has 1 aromatic carbocycles. The van der Waals surface area contributed by atoms with E-state index in [0.29, 0.717) is 5.69 Å². The van der Waals surface area contributed by atoms with E-state index in [4.69, 9.17) is 0 Å². The Balaban J connectivity index is 1.63. The molecule has 0 unspecified atom stereocenters. The number of amides is 2. The van der Waals surface area contributed by atoms with Crippen LogP contribution in [0.3, 0.4) is 0 Å². The molecule has 0 bridgehead atoms. The number of H-pyrrole nitrogens is 1. The average Bonchev–Trinajstić information content (AvgIpc) is 3.16. The van der Waals surface area contributed by atoms with Gasteiger partial charge in [0.1, 0.15) is 0 Å². The van der Waals surface area contributed by atoms with E-state index in [-0.39, 0.29) is 6.54 Å². The number of nitrogens with one attached hydrogen (secondary N) is 3. The van der Waals surface area contributed by atoms with Gasteiger partial charge < -0.3 is 10.6 Å². The lowest BCUT2D eigenvalue weighted by Gasteiger charge is -2.07. The fourth-order valence-electron chi connectivity index (χ4n) is 2.76. The van der Waals surface area contributed by atoms with E-state index in [1.54, 1.807) is 24.4 Å². The highest BCUT2D eigenvalue weighted by Gasteiger charge is 2.16. The highest BCUT2D eigenvalue weighted by Crippen LogP contribution is 2.16. The number of rotatable bonds is 4. The van der Waals surface area contributed by atoms with Crippen LogP contribution in [0, 0.1) is 13.8 Å². The highest BCUT2D eigenvalue weighted by atomic mass is 16.2. The zero-order valence-corrected chi connectivity index (χ0v) is 14.4. The number of aromatic amines is 1. The lowest BCUT2D eigenvalue weighted by Crippen LogP contribution is -2.35. The summed E-state index contributed by atoms with van der Waals surface area (Å²) >= 11 is 0. The maximum Gasteiger partial charge on any atom is 0.313 e. The first-order valence-electron chi connectivity index (χ1n) is 8.04. The minimum Gasteiger partial charge on any atom is -0.344 e. The number of carbonyl (C=O) groups excluding carboxylic acids is 2. The molecule has 3 rings (SSSR count). The Morgan fingerprint density at radius 1 is 1.24 bits per heavy atom. The number of carbonyl (C=O) groups is 2. The maximum absolute atomic E-state index is 12.1. The summed E-state index contributed by atoms with van der Waals surface area (Å²) in [4.78, 5) is 24.1. The van der Waals surface area contributed by atoms with E-state index < -0.39 is 11.8 Å². The third-order valence-electron chi connectivity index (χ3n) is 4.16. The zero-order chi connectivity index (χ0) is 18.0. The van der Waals surface area contributed by atoms with E-state index in [9.17, 15) is 9.59 Å². The molecule has 2 amide bonds. The predicted octanol–water partition coefficient (Wildman–Crippen LogP) is 1.65. The lowest BCUT2D eigenvalue weighted by molar-refractivity contribution is -0.136. The molecular formula is C17H20N6O2. The first-order chi connectivity index (χ1) is 12.0. The third-order valence-corrected chi connectivity index (χ3v) is 4.16. The van der Waals surface area contributed by atoms with Crippen LogP contribution in [0.4, 0.5) is 5.69 Å². The van der Waals surface area contributed by atoms with Crippen LogP contribution in [0.5, 0.6) is 0 Å². The molecule has 2 heterocycles. The van der Waals surface area contributed by atoms with E-state index in [0.717, 1.165) is 34.4 Å². The van der Waals surface area contributed by atoms with Crippen LogP contribution < -0.4 is 10.6 Å². The van der Waals surface area contributed by atoms with Crippen molar-refractivity contribution in [2.45, 2.75) is 33.9 Å². The molecule has 25 heavy (non-hydrogen) atoms. The Kier molecular flexibility index (Phi) is 4.51. The molecule has 8 nitrogen and oxygen atoms in total. The summed E-state index contributed by atoms with van der Waals surface area (Å²) in [7, 11) is 0. The van der Waals surface area contributed by atoms with Crippen molar-refractivity contribution in [2.75, 3.05) is 5.32 Å². The predicted molar refractivity (Wildman–Crippen MR) is 93.9 cm³/mol. The largest absolute Gasteiger partial charge is 0.344 e. The van der Waals surface area contributed by atoms with E-state index in [1.807, 2.05) is 25.5 Å². The van der Waals surface area contributed by atoms with Crippen LogP contribution >= 0.6 is 0 Å². The van der Waals surface area contributed by atoms with E-state index >= 15 is 0 Å². The van der Waals surface area contributed by atoms with Gasteiger partial charge in [-0.15, -0.1) is 0 Å². The first-order valence-corrected chi connectivity index (χ1v) is 8.04. The number of nitrogens with zero attached hydrogens (tertiary/aromatic N) is 3. The quantitative estimate of drug-likeness (QED) is 0.628. The van der Waals surface area contributed by atoms with Gasteiger partial charge >= 0.3 is 11.8 Å². The van der Waals surface area contributed by atoms with Crippen molar-refractivity contribution in [2.24, 2.45) is 0 Å². The molecule has 2 aromatic heterocycles. The van der Waals surface area contributed by atoms with Gasteiger partial charge in [-0.3, -0.25) is 19.4 Å². The monoisotopic (exact) mass is 340 g/mol. The molecule has 0 atom stereocenters. The minimum atomic E-state index is -0.707. The van der Waals surface area contributed by atoms with Crippen LogP contribution in [0.25, 0.3) is 10.9 Å². The molecule has 0 fully saturated rings. The zero-order valence-electron chi connectivity index (χ0n) is 14.4. The van der Waals surface area contributed by atoms with Gasteiger partial charge in [-0.2, -0.15) is 10.2 Å². The normalized spacial score (nSPS) is 10.8. The van der Waals surface area contributed by atoms with E-state index in [2.05, 4.69) is 25.9 Å². The number of benzene rings is 1. The molecule has 8 heteroatoms. The number of hydrogen-bond acceptors (Lipinski definition) is 4. The summed E-state index contributed by atoms with van der Waals surface area (Å²) in [6, 6.07) is 5.26. The van der Waals surface area contributed by atoms with Crippen molar-refractivity contribution in [3.05, 3.63) is 41.3 Å². The van der Waals surface area contributed by atoms with Crippen molar-refractivity contribution >= 4 is 28.4 Å². The van der Waals surface area contributed by atoms with Gasteiger partial charge in [-0.05, 0) is 39.0 Å². The molecular weight excluding hydrogens is 320 g/mol. The number of aryl methyl sites for hydroxylation is 2. The van der Waals surface area contributed by atoms with Crippen LogP contribution in [0.1, 0.15) is 23.9 Å². The fourth-order valence-corrected chi connectivity index (χ4v) is 2.76. The summed E-state index contributed by atoms with van der Waals surface area (Å²) in [5.41, 5.74) is 4.18. The second-order valence-corrected chi connectivity index (χ2v) is 5.77. The van der Waals surface area contributed by atoms with E-state index in [1.165, 1.54) is 0 Å². The smallest absolute Gasteiger partial charge is 0.313 e. The Morgan fingerprint density at radius 3 is 2.76 bits per heavy atom. The molecule has 0 aliphatic rings. The molecule has 0 saturated carbocycles. The number of aromatic nitrogens is 4. The summed E-state index contributed by atoms with van der Waals surface area (Å²) in [5, 5.41) is 17.2. The second kappa shape index (κ2) is 6.76. The average molecular weight is 340 g/mol. The number of anilines is 1. The molecule has 0 aliphatic carbocycles. The van der Waals surface area contributed by atoms with Gasteiger partial charge in [0.05, 0.1) is 17.4 Å². The van der Waals surface area contributed by atoms with Crippen molar-refractivity contribution in [3.63, 3.8) is 0 Å². The van der Waals surface area contributed by atoms with Gasteiger partial charge in [0.15, 0.2) is 0 Å². The van der Waals surface area contributed by atoms with Crippen molar-refractivity contribution in [3.8, 4) is 0 Å². The Bertz CT molecular complexity index is 940. The minimum absolute atomic E-state index is 0.269. The van der Waals surface area contributed by atoms with Crippen LogP contribution in [0.2, 0.25) is 0 Å². The van der Waals surface area contributed by atoms with Gasteiger partial charge in [0.2, 0.25) is 0 Å². The summed E-state index contributed by atoms with van der Waals surface area (Å²) in [6.45, 7) is 6.88. The second-order valence-electron chi connectivity index (χ2n) is 5.77. The van der Waals surface area contributed by atoms with Gasteiger partial charge in [-0.1, -0.05) is 0 Å². The molecule has 3 N–H and O–H groups in total. The fraction of sp³-hybridized carbons (Fsp3) is 0.294. The topological polar surface area (TPSA) is 105 Å². The molecule has 0 spiro atoms. The molecule has 0 radical (unpaired) electrons. The van der Waals surface area contributed by atoms with Gasteiger partial charge in [0.25, 0.3) is 0 Å². The SMILES string of the molecule is CCn1nc(C)c(CNC(=O)C(=O)Nc2ccc3[nH]ncc3c2)c1C. The summed E-state index contributed by atoms with van der Waals surface area (Å²) in [6.07, 6.45) is 1.65. The van der Waals surface area contributed by atoms with Gasteiger partial charge in [0, 0.05) is 35.4 Å². The summed E-state index contributed by atoms with van der Waals surface area (Å²) in [5.74, 6) is -1.39. The number of hydrogen-bond donors (Lipinski definition) is 3. The van der Waals surface area contributed by atoms with Crippen molar-refractivity contribution < 1.29 is 9.59 Å². The Labute approximate surface area is 144 Å². The van der Waals surface area contributed by atoms with Crippen LogP contribution in [-0.4, -0.2) is 31.8 Å². The number of fused-ring (bicyclic) bond motifs is 1. The van der Waals surface area contributed by atoms with Gasteiger partial charge in [-0.25, -0.2) is 0 Å². The standard InChI is InChI=1S/C17H20N6O2/c1-4-23-11(3)14(10(2)22-23)9-18-16(24)17(25)20-13-5-6-15-12(7-13)8-19-21-15/h5-8H,4,9H2,1-3H3,(H,18,24)(H,19,21)(H,20,25). The first kappa shape index (κ1) is 16.7. The Hall–Kier alpha value is -3.16. The molecule has 3 aromatic rings. The van der Waals surface area contributed by atoms with Crippen LogP contribution in [-0.2, 0) is 22.7 Å². The molecule has 0 aliphatic heterocycles. The Morgan fingerprint density at radius 2 is 2.04 bits per heavy atom. The van der Waals surface area contributed by atoms with Crippen molar-refractivity contribution in [1.82, 2.24) is 25.3 Å². The highest BCUT2D eigenvalue weighted by molar-refractivity contribution is 6.39. The lowest BCUT2D eigenvalue weighted by atomic mass is 10.2. The maximum atomic E-state index is 12.1. The molecule has 0 saturated heterocycles. The van der Waals surface area contributed by atoms with Crippen LogP contribution in [0.15, 0.2) is 24.4 Å². The third kappa shape index (κ3) is 3.37. The van der Waals surface area contributed by atoms with Crippen molar-refractivity contribution in [1.29, 1.82) is 0 Å².